The van der Waals surface area contributed by atoms with E-state index in [0.29, 0.717) is 12.8 Å². The second-order valence-corrected chi connectivity index (χ2v) is 15.4. The highest BCUT2D eigenvalue weighted by atomic mass is 16.2. The third kappa shape index (κ3) is 12.3. The summed E-state index contributed by atoms with van der Waals surface area (Å²) in [6.45, 7) is 14.4. The molecule has 0 aliphatic rings. The molecule has 0 radical (unpaired) electrons. The van der Waals surface area contributed by atoms with E-state index in [9.17, 15) is 28.8 Å². The first-order valence-electron chi connectivity index (χ1n) is 18.7. The van der Waals surface area contributed by atoms with Crippen molar-refractivity contribution < 1.29 is 28.8 Å². The molecule has 6 atom stereocenters. The number of unbranched alkanes of at least 4 members (excludes halogenated alkanes) is 2. The fraction of sp³-hybridized carbons (Fsp3) is 0.659. The molecule has 53 heavy (non-hydrogen) atoms. The van der Waals surface area contributed by atoms with Crippen LogP contribution in [0.3, 0.4) is 0 Å². The van der Waals surface area contributed by atoms with Gasteiger partial charge in [-0.25, -0.2) is 0 Å². The van der Waals surface area contributed by atoms with Crippen LogP contribution in [0.25, 0.3) is 0 Å². The number of likely N-dealkylation sites (N-methyl/N-ethyl adjacent to an activating group) is 5. The maximum absolute atomic E-state index is 14.4. The Morgan fingerprint density at radius 3 is 1.42 bits per heavy atom. The highest BCUT2D eigenvalue weighted by Gasteiger charge is 2.43. The molecule has 0 spiro atoms. The van der Waals surface area contributed by atoms with Crippen LogP contribution in [-0.2, 0) is 35.2 Å². The average molecular weight is 739 g/mol. The number of rotatable bonds is 20. The average Bonchev–Trinajstić information content (AvgIpc) is 3.10. The van der Waals surface area contributed by atoms with Crippen LogP contribution in [-0.4, -0.2) is 125 Å². The van der Waals surface area contributed by atoms with Crippen molar-refractivity contribution in [3.63, 3.8) is 0 Å². The van der Waals surface area contributed by atoms with E-state index in [-0.39, 0.29) is 41.9 Å². The van der Waals surface area contributed by atoms with Crippen molar-refractivity contribution in [2.75, 3.05) is 35.2 Å². The molecule has 0 fully saturated rings. The number of primary amides is 1. The lowest BCUT2D eigenvalue weighted by molar-refractivity contribution is -0.157. The van der Waals surface area contributed by atoms with Gasteiger partial charge < -0.3 is 30.2 Å². The molecule has 0 aromatic heterocycles. The van der Waals surface area contributed by atoms with Crippen LogP contribution >= 0.6 is 0 Å². The predicted molar refractivity (Wildman–Crippen MR) is 209 cm³/mol. The van der Waals surface area contributed by atoms with E-state index in [1.807, 2.05) is 78.8 Å². The lowest BCUT2D eigenvalue weighted by Gasteiger charge is -2.41. The van der Waals surface area contributed by atoms with Gasteiger partial charge in [-0.15, -0.1) is 12.3 Å². The van der Waals surface area contributed by atoms with E-state index >= 15 is 0 Å². The van der Waals surface area contributed by atoms with Gasteiger partial charge in [-0.3, -0.25) is 28.8 Å². The minimum Gasteiger partial charge on any atom is -0.368 e. The molecule has 0 aliphatic heterocycles. The number of hydrogen-bond donors (Lipinski definition) is 1. The molecule has 1 rings (SSSR count). The zero-order valence-corrected chi connectivity index (χ0v) is 34.5. The van der Waals surface area contributed by atoms with Crippen LogP contribution in [0.4, 0.5) is 0 Å². The molecular weight excluding hydrogens is 672 g/mol. The molecule has 296 valence electrons. The molecule has 0 bridgehead atoms. The van der Waals surface area contributed by atoms with E-state index in [4.69, 9.17) is 12.2 Å². The quantitative estimate of drug-likeness (QED) is 0.160. The molecule has 0 heterocycles. The number of amides is 6. The number of nitrogens with two attached hydrogens (primary N) is 1. The molecule has 0 saturated heterocycles. The van der Waals surface area contributed by atoms with E-state index in [1.165, 1.54) is 45.6 Å². The van der Waals surface area contributed by atoms with Gasteiger partial charge in [0.1, 0.15) is 30.2 Å². The molecule has 1 aromatic rings. The van der Waals surface area contributed by atoms with Crippen molar-refractivity contribution in [2.45, 2.75) is 118 Å². The molecule has 1 aromatic carbocycles. The molecule has 6 amide bonds. The first-order chi connectivity index (χ1) is 24.6. The van der Waals surface area contributed by atoms with E-state index in [2.05, 4.69) is 5.92 Å². The Balaban J connectivity index is 3.30. The molecular formula is C41H66N6O6. The molecule has 2 N–H and O–H groups in total. The van der Waals surface area contributed by atoms with Gasteiger partial charge in [0.2, 0.25) is 35.4 Å². The lowest BCUT2D eigenvalue weighted by Crippen LogP contribution is -2.62. The minimum atomic E-state index is -0.986. The molecule has 12 heteroatoms. The number of terminal acetylenes is 1. The Kier molecular flexibility index (Phi) is 18.8. The van der Waals surface area contributed by atoms with Gasteiger partial charge in [-0.2, -0.15) is 0 Å². The number of hydrogen-bond acceptors (Lipinski definition) is 6. The highest BCUT2D eigenvalue weighted by Crippen LogP contribution is 2.24. The van der Waals surface area contributed by atoms with E-state index in [0.717, 1.165) is 18.4 Å². The SMILES string of the molecule is C#CCCCC[C@@H](C)C(=O)N(C)[C@H](C(=O)N(C)[C@H](C(=O)N(C)[C@H](C(=O)N(C)[C@@H](C)C(=O)N(C)[C@@H](Cc1ccccc1)C(N)=O)C(C)C)C(C)C)C(C)C. The number of carbonyl (C=O) groups excluding carboxylic acids is 6. The van der Waals surface area contributed by atoms with Gasteiger partial charge >= 0.3 is 0 Å². The van der Waals surface area contributed by atoms with Crippen LogP contribution < -0.4 is 5.73 Å². The largest absolute Gasteiger partial charge is 0.368 e. The fourth-order valence-corrected chi connectivity index (χ4v) is 6.95. The highest BCUT2D eigenvalue weighted by molar-refractivity contribution is 5.96. The first-order valence-corrected chi connectivity index (χ1v) is 18.7. The third-order valence-corrected chi connectivity index (χ3v) is 10.3. The zero-order valence-electron chi connectivity index (χ0n) is 34.5. The molecule has 12 nitrogen and oxygen atoms in total. The number of nitrogens with zero attached hydrogens (tertiary/aromatic N) is 5. The van der Waals surface area contributed by atoms with Gasteiger partial charge in [0, 0.05) is 54.0 Å². The first kappa shape index (κ1) is 46.6. The van der Waals surface area contributed by atoms with E-state index < -0.39 is 53.8 Å². The van der Waals surface area contributed by atoms with Crippen LogP contribution in [0.5, 0.6) is 0 Å². The molecule has 0 unspecified atom stereocenters. The number of carbonyl (C=O) groups is 6. The smallest absolute Gasteiger partial charge is 0.246 e. The second-order valence-electron chi connectivity index (χ2n) is 15.4. The van der Waals surface area contributed by atoms with Crippen LogP contribution in [0.2, 0.25) is 0 Å². The van der Waals surface area contributed by atoms with Gasteiger partial charge in [-0.05, 0) is 43.1 Å². The number of benzene rings is 1. The Morgan fingerprint density at radius 2 is 1.02 bits per heavy atom. The Labute approximate surface area is 318 Å². The van der Waals surface area contributed by atoms with Gasteiger partial charge in [0.05, 0.1) is 0 Å². The predicted octanol–water partition coefficient (Wildman–Crippen LogP) is 3.67. The summed E-state index contributed by atoms with van der Waals surface area (Å²) >= 11 is 0. The summed E-state index contributed by atoms with van der Waals surface area (Å²) in [5, 5.41) is 0. The van der Waals surface area contributed by atoms with Crippen LogP contribution in [0.1, 0.15) is 86.6 Å². The summed E-state index contributed by atoms with van der Waals surface area (Å²) in [5.74, 6) is -1.23. The summed E-state index contributed by atoms with van der Waals surface area (Å²) < 4.78 is 0. The fourth-order valence-electron chi connectivity index (χ4n) is 6.95. The summed E-state index contributed by atoms with van der Waals surface area (Å²) in [5.41, 5.74) is 6.54. The van der Waals surface area contributed by atoms with Crippen molar-refractivity contribution in [1.29, 1.82) is 0 Å². The summed E-state index contributed by atoms with van der Waals surface area (Å²) in [6.07, 6.45) is 8.50. The summed E-state index contributed by atoms with van der Waals surface area (Å²) in [7, 11) is 7.71. The third-order valence-electron chi connectivity index (χ3n) is 10.3. The molecule has 0 aliphatic carbocycles. The van der Waals surface area contributed by atoms with Gasteiger partial charge in [0.25, 0.3) is 0 Å². The second kappa shape index (κ2) is 21.3. The van der Waals surface area contributed by atoms with Crippen molar-refractivity contribution in [2.24, 2.45) is 29.4 Å². The van der Waals surface area contributed by atoms with Gasteiger partial charge in [-0.1, -0.05) is 85.2 Å². The van der Waals surface area contributed by atoms with Crippen molar-refractivity contribution >= 4 is 35.4 Å². The minimum absolute atomic E-state index is 0.152. The summed E-state index contributed by atoms with van der Waals surface area (Å²) in [6, 6.07) is 4.54. The van der Waals surface area contributed by atoms with Crippen LogP contribution in [0, 0.1) is 36.0 Å². The maximum Gasteiger partial charge on any atom is 0.246 e. The Morgan fingerprint density at radius 1 is 0.604 bits per heavy atom. The normalized spacial score (nSPS) is 14.7. The monoisotopic (exact) mass is 739 g/mol. The Bertz CT molecular complexity index is 1440. The maximum atomic E-state index is 14.4. The topological polar surface area (TPSA) is 145 Å². The van der Waals surface area contributed by atoms with Crippen LogP contribution in [0.15, 0.2) is 30.3 Å². The Hall–Kier alpha value is -4.40. The van der Waals surface area contributed by atoms with Crippen molar-refractivity contribution in [3.8, 4) is 12.3 Å². The van der Waals surface area contributed by atoms with Crippen molar-refractivity contribution in [1.82, 2.24) is 24.5 Å². The zero-order chi connectivity index (χ0) is 40.9. The van der Waals surface area contributed by atoms with Gasteiger partial charge in [0.15, 0.2) is 0 Å². The van der Waals surface area contributed by atoms with Crippen molar-refractivity contribution in [3.05, 3.63) is 35.9 Å². The van der Waals surface area contributed by atoms with E-state index in [1.54, 1.807) is 21.0 Å². The summed E-state index contributed by atoms with van der Waals surface area (Å²) in [4.78, 5) is 89.2. The molecule has 0 saturated carbocycles. The lowest BCUT2D eigenvalue weighted by atomic mass is 9.94. The standard InChI is InChI=1S/C41H66N6O6/c1-15-16-17-19-22-29(8)37(49)45(12)34(27(4)5)40(52)47(14)35(28(6)7)41(53)46(13)33(26(2)3)39(51)43(10)30(9)38(50)44(11)32(36(42)48)25-31-23-20-18-21-24-31/h1,18,20-21,23-24,26-30,32-35H,16-17,19,22,25H2,2-14H3,(H2,42,48)/t29-,30+,32+,33+,34+,35+/m1/s1.